The molecule has 2 rings (SSSR count). The lowest BCUT2D eigenvalue weighted by Gasteiger charge is -2.14. The first-order valence-corrected chi connectivity index (χ1v) is 8.81. The fourth-order valence-corrected chi connectivity index (χ4v) is 3.90. The van der Waals surface area contributed by atoms with E-state index in [9.17, 15) is 9.59 Å². The van der Waals surface area contributed by atoms with Crippen LogP contribution in [-0.2, 0) is 11.2 Å². The lowest BCUT2D eigenvalue weighted by Crippen LogP contribution is -2.26. The predicted octanol–water partition coefficient (Wildman–Crippen LogP) is 3.18. The first-order valence-electron chi connectivity index (χ1n) is 7.20. The number of carbonyl (C=O) groups excluding carboxylic acids is 2. The number of amides is 2. The van der Waals surface area contributed by atoms with Gasteiger partial charge in [0.25, 0.3) is 5.91 Å². The van der Waals surface area contributed by atoms with Gasteiger partial charge in [0.15, 0.2) is 0 Å². The van der Waals surface area contributed by atoms with Crippen LogP contribution in [-0.4, -0.2) is 21.6 Å². The Morgan fingerprint density at radius 1 is 1.48 bits per heavy atom. The van der Waals surface area contributed by atoms with E-state index in [1.54, 1.807) is 17.8 Å². The van der Waals surface area contributed by atoms with Crippen LogP contribution in [0.1, 0.15) is 46.4 Å². The summed E-state index contributed by atoms with van der Waals surface area (Å²) in [5, 5.41) is 7.53. The largest absolute Gasteiger partial charge is 0.365 e. The SMILES string of the molecule is CCc1c(C)sc(NC(=O)[C@H](C)n2ncc(Br)c2C)c1C(N)=O. The fraction of sp³-hybridized carbons (Fsp3) is 0.400. The Morgan fingerprint density at radius 3 is 2.61 bits per heavy atom. The van der Waals surface area contributed by atoms with Crippen LogP contribution in [0.4, 0.5) is 5.00 Å². The number of aryl methyl sites for hydroxylation is 1. The average molecular weight is 399 g/mol. The van der Waals surface area contributed by atoms with Crippen molar-refractivity contribution in [2.24, 2.45) is 5.73 Å². The number of carbonyl (C=O) groups is 2. The Bertz CT molecular complexity index is 766. The minimum atomic E-state index is -0.521. The summed E-state index contributed by atoms with van der Waals surface area (Å²) in [6.07, 6.45) is 2.34. The fourth-order valence-electron chi connectivity index (χ4n) is 2.47. The van der Waals surface area contributed by atoms with Gasteiger partial charge in [0, 0.05) is 4.88 Å². The van der Waals surface area contributed by atoms with Gasteiger partial charge in [0.1, 0.15) is 11.0 Å². The summed E-state index contributed by atoms with van der Waals surface area (Å²) in [6.45, 7) is 7.51. The highest BCUT2D eigenvalue weighted by molar-refractivity contribution is 9.10. The van der Waals surface area contributed by atoms with Crippen LogP contribution in [0.3, 0.4) is 0 Å². The molecule has 2 heterocycles. The Hall–Kier alpha value is -1.67. The maximum atomic E-state index is 12.5. The molecule has 1 atom stereocenters. The second-order valence-corrected chi connectivity index (χ2v) is 7.33. The molecule has 0 aromatic carbocycles. The number of primary amides is 1. The van der Waals surface area contributed by atoms with E-state index in [2.05, 4.69) is 26.3 Å². The second-order valence-electron chi connectivity index (χ2n) is 5.25. The first-order chi connectivity index (χ1) is 10.8. The zero-order valence-electron chi connectivity index (χ0n) is 13.4. The van der Waals surface area contributed by atoms with Gasteiger partial charge in [0.05, 0.1) is 21.9 Å². The minimum Gasteiger partial charge on any atom is -0.365 e. The normalized spacial score (nSPS) is 12.2. The number of aromatic nitrogens is 2. The molecule has 0 aliphatic rings. The highest BCUT2D eigenvalue weighted by Gasteiger charge is 2.24. The van der Waals surface area contributed by atoms with Gasteiger partial charge in [-0.1, -0.05) is 6.92 Å². The van der Waals surface area contributed by atoms with E-state index < -0.39 is 11.9 Å². The van der Waals surface area contributed by atoms with Gasteiger partial charge >= 0.3 is 0 Å². The van der Waals surface area contributed by atoms with E-state index >= 15 is 0 Å². The molecule has 0 spiro atoms. The van der Waals surface area contributed by atoms with Gasteiger partial charge in [-0.15, -0.1) is 11.3 Å². The number of hydrogen-bond acceptors (Lipinski definition) is 4. The van der Waals surface area contributed by atoms with Crippen LogP contribution in [0.5, 0.6) is 0 Å². The lowest BCUT2D eigenvalue weighted by molar-refractivity contribution is -0.119. The van der Waals surface area contributed by atoms with Crippen LogP contribution >= 0.6 is 27.3 Å². The molecule has 0 aliphatic carbocycles. The number of nitrogens with one attached hydrogen (secondary N) is 1. The Balaban J connectivity index is 2.30. The highest BCUT2D eigenvalue weighted by Crippen LogP contribution is 2.33. The molecule has 2 amide bonds. The number of nitrogens with zero attached hydrogens (tertiary/aromatic N) is 2. The first kappa shape index (κ1) is 17.7. The van der Waals surface area contributed by atoms with Gasteiger partial charge < -0.3 is 11.1 Å². The van der Waals surface area contributed by atoms with Crippen molar-refractivity contribution >= 4 is 44.1 Å². The molecule has 0 saturated carbocycles. The number of rotatable bonds is 5. The van der Waals surface area contributed by atoms with Crippen LogP contribution in [0.2, 0.25) is 0 Å². The topological polar surface area (TPSA) is 90.0 Å². The quantitative estimate of drug-likeness (QED) is 0.809. The monoisotopic (exact) mass is 398 g/mol. The minimum absolute atomic E-state index is 0.241. The van der Waals surface area contributed by atoms with E-state index in [1.807, 2.05) is 20.8 Å². The van der Waals surface area contributed by atoms with E-state index in [0.717, 1.165) is 20.6 Å². The zero-order valence-corrected chi connectivity index (χ0v) is 15.8. The van der Waals surface area contributed by atoms with Crippen molar-refractivity contribution < 1.29 is 9.59 Å². The third-order valence-corrected chi connectivity index (χ3v) is 5.62. The Morgan fingerprint density at radius 2 is 2.13 bits per heavy atom. The molecule has 2 aromatic rings. The van der Waals surface area contributed by atoms with E-state index in [0.29, 0.717) is 17.0 Å². The van der Waals surface area contributed by atoms with Crippen LogP contribution in [0.25, 0.3) is 0 Å². The molecule has 3 N–H and O–H groups in total. The molecule has 124 valence electrons. The molecule has 8 heteroatoms. The van der Waals surface area contributed by atoms with Crippen molar-refractivity contribution in [1.82, 2.24) is 9.78 Å². The smallest absolute Gasteiger partial charge is 0.251 e. The molecular weight excluding hydrogens is 380 g/mol. The predicted molar refractivity (Wildman–Crippen MR) is 95.0 cm³/mol. The molecule has 0 unspecified atom stereocenters. The summed E-state index contributed by atoms with van der Waals surface area (Å²) in [7, 11) is 0. The summed E-state index contributed by atoms with van der Waals surface area (Å²) >= 11 is 4.75. The van der Waals surface area contributed by atoms with Gasteiger partial charge in [-0.3, -0.25) is 14.3 Å². The molecule has 0 radical (unpaired) electrons. The Kier molecular flexibility index (Phi) is 5.26. The molecule has 0 bridgehead atoms. The molecule has 0 saturated heterocycles. The van der Waals surface area contributed by atoms with E-state index in [1.165, 1.54) is 11.3 Å². The Labute approximate surface area is 147 Å². The van der Waals surface area contributed by atoms with Crippen molar-refractivity contribution in [1.29, 1.82) is 0 Å². The van der Waals surface area contributed by atoms with Crippen molar-refractivity contribution in [2.75, 3.05) is 5.32 Å². The van der Waals surface area contributed by atoms with Crippen molar-refractivity contribution in [3.05, 3.63) is 32.4 Å². The van der Waals surface area contributed by atoms with Gasteiger partial charge in [-0.25, -0.2) is 0 Å². The van der Waals surface area contributed by atoms with Gasteiger partial charge in [-0.2, -0.15) is 5.10 Å². The zero-order chi connectivity index (χ0) is 17.3. The van der Waals surface area contributed by atoms with Crippen molar-refractivity contribution in [2.45, 2.75) is 40.2 Å². The number of anilines is 1. The third-order valence-electron chi connectivity index (χ3n) is 3.78. The summed E-state index contributed by atoms with van der Waals surface area (Å²) in [5.41, 5.74) is 7.65. The number of hydrogen-bond donors (Lipinski definition) is 2. The van der Waals surface area contributed by atoms with Gasteiger partial charge in [-0.05, 0) is 48.7 Å². The van der Waals surface area contributed by atoms with Crippen LogP contribution in [0, 0.1) is 13.8 Å². The standard InChI is InChI=1S/C15H19BrN4O2S/c1-5-10-9(4)23-15(12(10)13(17)21)19-14(22)8(3)20-7(2)11(16)6-18-20/h6,8H,5H2,1-4H3,(H2,17,21)(H,19,22)/t8-/m0/s1. The number of halogens is 1. The molecule has 2 aromatic heterocycles. The van der Waals surface area contributed by atoms with E-state index in [-0.39, 0.29) is 5.91 Å². The average Bonchev–Trinajstić information content (AvgIpc) is 2.98. The number of nitrogens with two attached hydrogens (primary N) is 1. The molecule has 23 heavy (non-hydrogen) atoms. The molecule has 0 fully saturated rings. The highest BCUT2D eigenvalue weighted by atomic mass is 79.9. The third kappa shape index (κ3) is 3.32. The van der Waals surface area contributed by atoms with Crippen LogP contribution < -0.4 is 11.1 Å². The van der Waals surface area contributed by atoms with E-state index in [4.69, 9.17) is 5.73 Å². The van der Waals surface area contributed by atoms with Crippen LogP contribution in [0.15, 0.2) is 10.7 Å². The molecule has 6 nitrogen and oxygen atoms in total. The summed E-state index contributed by atoms with van der Waals surface area (Å²) < 4.78 is 2.47. The van der Waals surface area contributed by atoms with Crippen molar-refractivity contribution in [3.63, 3.8) is 0 Å². The second kappa shape index (κ2) is 6.84. The summed E-state index contributed by atoms with van der Waals surface area (Å²) in [6, 6.07) is -0.505. The molecule has 0 aliphatic heterocycles. The lowest BCUT2D eigenvalue weighted by atomic mass is 10.1. The van der Waals surface area contributed by atoms with Gasteiger partial charge in [0.2, 0.25) is 5.91 Å². The summed E-state index contributed by atoms with van der Waals surface area (Å²) in [5.74, 6) is -0.762. The number of thiophene rings is 1. The summed E-state index contributed by atoms with van der Waals surface area (Å²) in [4.78, 5) is 25.3. The molecular formula is C15H19BrN4O2S. The maximum absolute atomic E-state index is 12.5. The maximum Gasteiger partial charge on any atom is 0.251 e. The van der Waals surface area contributed by atoms with Crippen molar-refractivity contribution in [3.8, 4) is 0 Å².